The van der Waals surface area contributed by atoms with E-state index in [0.29, 0.717) is 40.2 Å². The first kappa shape index (κ1) is 20.2. The largest absolute Gasteiger partial charge is 0.312 e. The molecule has 0 saturated heterocycles. The van der Waals surface area contributed by atoms with Crippen molar-refractivity contribution in [2.24, 2.45) is 13.0 Å². The molecule has 0 aliphatic carbocycles. The second-order valence-corrected chi connectivity index (χ2v) is 8.91. The predicted molar refractivity (Wildman–Crippen MR) is 121 cm³/mol. The SMILES string of the molecule is Cc1ncc(-c2nc3c(-c4cnc5c(c4)[C@@](C)(CC(C)C)C(=O)N5)ncnc3n2C)cn1. The average Bonchev–Trinajstić information content (AvgIpc) is 3.22. The number of hydrogen-bond donors (Lipinski definition) is 1. The third-order valence-electron chi connectivity index (χ3n) is 6.00. The number of aromatic nitrogens is 7. The van der Waals surface area contributed by atoms with Crippen molar-refractivity contribution in [2.45, 2.75) is 39.5 Å². The zero-order valence-electron chi connectivity index (χ0n) is 18.7. The summed E-state index contributed by atoms with van der Waals surface area (Å²) in [6.45, 7) is 8.05. The van der Waals surface area contributed by atoms with Crippen LogP contribution in [0.5, 0.6) is 0 Å². The molecule has 1 aliphatic rings. The maximum atomic E-state index is 12.8. The Morgan fingerprint density at radius 3 is 2.50 bits per heavy atom. The number of anilines is 1. The minimum Gasteiger partial charge on any atom is -0.312 e. The smallest absolute Gasteiger partial charge is 0.236 e. The van der Waals surface area contributed by atoms with Crippen LogP contribution in [0.25, 0.3) is 33.8 Å². The van der Waals surface area contributed by atoms with Crippen LogP contribution in [0.4, 0.5) is 5.82 Å². The molecule has 0 fully saturated rings. The topological polar surface area (TPSA) is 111 Å². The van der Waals surface area contributed by atoms with Crippen LogP contribution in [0.2, 0.25) is 0 Å². The van der Waals surface area contributed by atoms with E-state index in [2.05, 4.69) is 44.1 Å². The number of carbonyl (C=O) groups excluding carboxylic acids is 1. The van der Waals surface area contributed by atoms with Crippen molar-refractivity contribution in [1.29, 1.82) is 0 Å². The Morgan fingerprint density at radius 2 is 1.78 bits per heavy atom. The second-order valence-electron chi connectivity index (χ2n) is 8.91. The van der Waals surface area contributed by atoms with Gasteiger partial charge in [0.05, 0.1) is 11.0 Å². The fraction of sp³-hybridized carbons (Fsp3) is 0.348. The van der Waals surface area contributed by atoms with Gasteiger partial charge in [-0.05, 0) is 32.3 Å². The molecule has 0 aromatic carbocycles. The summed E-state index contributed by atoms with van der Waals surface area (Å²) in [5, 5.41) is 2.93. The van der Waals surface area contributed by atoms with Crippen molar-refractivity contribution in [2.75, 3.05) is 5.32 Å². The molecule has 9 heteroatoms. The van der Waals surface area contributed by atoms with Gasteiger partial charge in [0.2, 0.25) is 5.91 Å². The number of carbonyl (C=O) groups is 1. The highest BCUT2D eigenvalue weighted by Crippen LogP contribution is 2.42. The quantitative estimate of drug-likeness (QED) is 0.530. The number of aryl methyl sites for hydroxylation is 2. The van der Waals surface area contributed by atoms with Crippen LogP contribution in [0.3, 0.4) is 0 Å². The van der Waals surface area contributed by atoms with E-state index in [1.807, 2.05) is 31.5 Å². The minimum atomic E-state index is -0.632. The van der Waals surface area contributed by atoms with Gasteiger partial charge in [-0.25, -0.2) is 29.9 Å². The highest BCUT2D eigenvalue weighted by Gasteiger charge is 2.44. The summed E-state index contributed by atoms with van der Waals surface area (Å²) in [7, 11) is 1.91. The van der Waals surface area contributed by atoms with Crippen molar-refractivity contribution < 1.29 is 4.79 Å². The summed E-state index contributed by atoms with van der Waals surface area (Å²) in [5.74, 6) is 2.37. The van der Waals surface area contributed by atoms with E-state index < -0.39 is 5.41 Å². The van der Waals surface area contributed by atoms with Gasteiger partial charge in [0.1, 0.15) is 35.0 Å². The van der Waals surface area contributed by atoms with Gasteiger partial charge in [0, 0.05) is 36.8 Å². The van der Waals surface area contributed by atoms with Crippen LogP contribution in [0, 0.1) is 12.8 Å². The maximum Gasteiger partial charge on any atom is 0.236 e. The van der Waals surface area contributed by atoms with E-state index >= 15 is 0 Å². The Bertz CT molecular complexity index is 1360. The summed E-state index contributed by atoms with van der Waals surface area (Å²) < 4.78 is 1.91. The van der Waals surface area contributed by atoms with Crippen LogP contribution in [0.1, 0.15) is 38.6 Å². The molecule has 32 heavy (non-hydrogen) atoms. The molecule has 5 rings (SSSR count). The summed E-state index contributed by atoms with van der Waals surface area (Å²) in [6, 6.07) is 2.01. The Kier molecular flexibility index (Phi) is 4.51. The molecule has 1 N–H and O–H groups in total. The molecule has 0 bridgehead atoms. The summed E-state index contributed by atoms with van der Waals surface area (Å²) in [6.07, 6.45) is 7.49. The van der Waals surface area contributed by atoms with Crippen molar-refractivity contribution in [3.63, 3.8) is 0 Å². The number of pyridine rings is 1. The van der Waals surface area contributed by atoms with E-state index in [1.54, 1.807) is 18.6 Å². The molecule has 5 heterocycles. The first-order valence-corrected chi connectivity index (χ1v) is 10.6. The second kappa shape index (κ2) is 7.15. The van der Waals surface area contributed by atoms with Crippen molar-refractivity contribution in [3.05, 3.63) is 42.4 Å². The number of nitrogens with one attached hydrogen (secondary N) is 1. The Labute approximate surface area is 185 Å². The maximum absolute atomic E-state index is 12.8. The zero-order chi connectivity index (χ0) is 22.6. The molecule has 0 saturated carbocycles. The van der Waals surface area contributed by atoms with Crippen LogP contribution in [-0.4, -0.2) is 40.4 Å². The molecule has 162 valence electrons. The lowest BCUT2D eigenvalue weighted by Crippen LogP contribution is -2.32. The third-order valence-corrected chi connectivity index (χ3v) is 6.00. The van der Waals surface area contributed by atoms with Crippen molar-refractivity contribution in [3.8, 4) is 22.6 Å². The van der Waals surface area contributed by atoms with Crippen molar-refractivity contribution in [1.82, 2.24) is 34.5 Å². The highest BCUT2D eigenvalue weighted by molar-refractivity contribution is 6.05. The van der Waals surface area contributed by atoms with E-state index in [1.165, 1.54) is 6.33 Å². The molecular formula is C23H24N8O. The number of imidazole rings is 1. The molecule has 0 spiro atoms. The summed E-state index contributed by atoms with van der Waals surface area (Å²) in [4.78, 5) is 39.7. The number of nitrogens with zero attached hydrogens (tertiary/aromatic N) is 7. The molecule has 4 aromatic heterocycles. The van der Waals surface area contributed by atoms with Gasteiger partial charge in [-0.3, -0.25) is 4.79 Å². The van der Waals surface area contributed by atoms with Gasteiger partial charge in [-0.1, -0.05) is 13.8 Å². The van der Waals surface area contributed by atoms with Crippen LogP contribution < -0.4 is 5.32 Å². The molecule has 0 unspecified atom stereocenters. The summed E-state index contributed by atoms with van der Waals surface area (Å²) >= 11 is 0. The van der Waals surface area contributed by atoms with Crippen LogP contribution >= 0.6 is 0 Å². The van der Waals surface area contributed by atoms with Crippen LogP contribution in [-0.2, 0) is 17.3 Å². The van der Waals surface area contributed by atoms with Gasteiger partial charge >= 0.3 is 0 Å². The Morgan fingerprint density at radius 1 is 1.06 bits per heavy atom. The van der Waals surface area contributed by atoms with E-state index in [9.17, 15) is 4.79 Å². The minimum absolute atomic E-state index is 0.0156. The molecule has 4 aromatic rings. The molecule has 1 amide bonds. The number of rotatable bonds is 4. The zero-order valence-corrected chi connectivity index (χ0v) is 18.7. The van der Waals surface area contributed by atoms with Gasteiger partial charge in [-0.2, -0.15) is 0 Å². The van der Waals surface area contributed by atoms with Gasteiger partial charge in [0.15, 0.2) is 5.65 Å². The van der Waals surface area contributed by atoms with E-state index in [-0.39, 0.29) is 5.91 Å². The third kappa shape index (κ3) is 3.04. The monoisotopic (exact) mass is 428 g/mol. The fourth-order valence-corrected chi connectivity index (χ4v) is 4.48. The molecule has 1 atom stereocenters. The molecule has 9 nitrogen and oxygen atoms in total. The standard InChI is InChI=1S/C23H24N8O/c1-12(2)7-23(4)16-6-14(8-26-19(16)30-22(23)32)17-18-21(28-11-27-17)31(5)20(29-18)15-9-24-13(3)25-10-15/h6,8-12H,7H2,1-5H3,(H,26,30,32)/t23-/m1/s1. The van der Waals surface area contributed by atoms with Gasteiger partial charge in [-0.15, -0.1) is 0 Å². The number of amides is 1. The Balaban J connectivity index is 1.66. The first-order chi connectivity index (χ1) is 15.3. The fourth-order valence-electron chi connectivity index (χ4n) is 4.48. The molecule has 1 aliphatic heterocycles. The first-order valence-electron chi connectivity index (χ1n) is 10.6. The predicted octanol–water partition coefficient (Wildman–Crippen LogP) is 3.45. The van der Waals surface area contributed by atoms with Gasteiger partial charge < -0.3 is 9.88 Å². The lowest BCUT2D eigenvalue weighted by Gasteiger charge is -2.24. The van der Waals surface area contributed by atoms with Gasteiger partial charge in [0.25, 0.3) is 0 Å². The van der Waals surface area contributed by atoms with Crippen molar-refractivity contribution >= 4 is 22.9 Å². The van der Waals surface area contributed by atoms with Crippen LogP contribution in [0.15, 0.2) is 31.0 Å². The Hall–Kier alpha value is -3.75. The summed E-state index contributed by atoms with van der Waals surface area (Å²) in [5.41, 5.74) is 3.89. The normalized spacial score (nSPS) is 17.8. The lowest BCUT2D eigenvalue weighted by atomic mass is 9.77. The number of fused-ring (bicyclic) bond motifs is 2. The number of hydrogen-bond acceptors (Lipinski definition) is 7. The highest BCUT2D eigenvalue weighted by atomic mass is 16.2. The van der Waals surface area contributed by atoms with E-state index in [0.717, 1.165) is 23.1 Å². The average molecular weight is 429 g/mol. The lowest BCUT2D eigenvalue weighted by molar-refractivity contribution is -0.120. The molecular weight excluding hydrogens is 404 g/mol. The van der Waals surface area contributed by atoms with E-state index in [4.69, 9.17) is 4.98 Å². The molecule has 0 radical (unpaired) electrons.